The molecule has 1 heterocycles. The van der Waals surface area contributed by atoms with Gasteiger partial charge in [0, 0.05) is 19.7 Å². The number of hydrogen-bond acceptors (Lipinski definition) is 7. The van der Waals surface area contributed by atoms with E-state index in [9.17, 15) is 14.7 Å². The summed E-state index contributed by atoms with van der Waals surface area (Å²) in [6.07, 6.45) is 2.10. The van der Waals surface area contributed by atoms with E-state index < -0.39 is 17.6 Å². The zero-order valence-electron chi connectivity index (χ0n) is 21.1. The number of carbonyl (C=O) groups is 2. The maximum absolute atomic E-state index is 12.6. The molecule has 2 aromatic carbocycles. The average Bonchev–Trinajstić information content (AvgIpc) is 3.30. The zero-order valence-corrected chi connectivity index (χ0v) is 21.1. The summed E-state index contributed by atoms with van der Waals surface area (Å²) in [7, 11) is 3.71. The fraction of sp³-hybridized carbons (Fsp3) is 0.333. The topological polar surface area (TPSA) is 110 Å². The number of aromatic nitrogens is 3. The first-order valence-electron chi connectivity index (χ1n) is 11.5. The highest BCUT2D eigenvalue weighted by molar-refractivity contribution is 5.92. The number of aliphatic hydroxyl groups is 1. The van der Waals surface area contributed by atoms with Crippen LogP contribution in [0.15, 0.2) is 48.8 Å². The maximum atomic E-state index is 12.6. The van der Waals surface area contributed by atoms with Crippen molar-refractivity contribution in [3.8, 4) is 17.6 Å². The Morgan fingerprint density at radius 3 is 2.69 bits per heavy atom. The summed E-state index contributed by atoms with van der Waals surface area (Å²) >= 11 is 0. The first-order valence-corrected chi connectivity index (χ1v) is 11.5. The molecule has 0 saturated heterocycles. The van der Waals surface area contributed by atoms with Gasteiger partial charge in [0.15, 0.2) is 0 Å². The van der Waals surface area contributed by atoms with Gasteiger partial charge in [-0.2, -0.15) is 0 Å². The quantitative estimate of drug-likeness (QED) is 0.350. The van der Waals surface area contributed by atoms with Crippen molar-refractivity contribution in [3.05, 3.63) is 71.3 Å². The molecule has 188 valence electrons. The van der Waals surface area contributed by atoms with Gasteiger partial charge < -0.3 is 24.9 Å². The van der Waals surface area contributed by atoms with E-state index in [0.29, 0.717) is 24.1 Å². The van der Waals surface area contributed by atoms with E-state index in [4.69, 9.17) is 4.74 Å². The molecule has 0 saturated carbocycles. The van der Waals surface area contributed by atoms with Gasteiger partial charge in [-0.25, -0.2) is 9.67 Å². The van der Waals surface area contributed by atoms with Crippen molar-refractivity contribution in [2.45, 2.75) is 39.0 Å². The molecule has 9 heteroatoms. The van der Waals surface area contributed by atoms with E-state index in [1.165, 1.54) is 6.33 Å². The molecular weight excluding hydrogens is 458 g/mol. The Morgan fingerprint density at radius 1 is 1.28 bits per heavy atom. The van der Waals surface area contributed by atoms with E-state index in [1.54, 1.807) is 30.7 Å². The fourth-order valence-electron chi connectivity index (χ4n) is 3.26. The van der Waals surface area contributed by atoms with Gasteiger partial charge in [0.25, 0.3) is 5.91 Å². The SMILES string of the molecule is Cc1ccccc1Cn1cnc(C(=O)N[C@H](C=O)COc2ccc(C#CC(C)(C)O)cc2N(C)C)n1. The van der Waals surface area contributed by atoms with Gasteiger partial charge in [-0.1, -0.05) is 36.1 Å². The Bertz CT molecular complexity index is 1280. The second kappa shape index (κ2) is 11.5. The van der Waals surface area contributed by atoms with Crippen molar-refractivity contribution in [2.24, 2.45) is 0 Å². The number of rotatable bonds is 9. The molecule has 3 rings (SSSR count). The van der Waals surface area contributed by atoms with Crippen LogP contribution in [0, 0.1) is 18.8 Å². The molecular formula is C27H31N5O4. The van der Waals surface area contributed by atoms with Gasteiger partial charge in [0.2, 0.25) is 5.82 Å². The predicted octanol–water partition coefficient (Wildman–Crippen LogP) is 2.20. The van der Waals surface area contributed by atoms with Gasteiger partial charge in [-0.3, -0.25) is 4.79 Å². The average molecular weight is 490 g/mol. The van der Waals surface area contributed by atoms with Crippen molar-refractivity contribution in [2.75, 3.05) is 25.6 Å². The minimum absolute atomic E-state index is 0.0286. The standard InChI is InChI=1S/C27H31N5O4/c1-19-8-6-7-9-21(19)15-32-18-28-25(30-32)26(34)29-22(16-33)17-36-24-11-10-20(12-13-27(2,3)35)14-23(24)31(4)5/h6-11,14,16,18,22,35H,15,17H2,1-5H3,(H,29,34)/t22-/m1/s1. The van der Waals surface area contributed by atoms with E-state index in [2.05, 4.69) is 27.2 Å². The molecule has 1 amide bonds. The summed E-state index contributed by atoms with van der Waals surface area (Å²) in [4.78, 5) is 30.2. The van der Waals surface area contributed by atoms with Crippen LogP contribution in [0.4, 0.5) is 5.69 Å². The van der Waals surface area contributed by atoms with Gasteiger partial charge in [-0.05, 0) is 50.1 Å². The van der Waals surface area contributed by atoms with E-state index in [1.807, 2.05) is 56.3 Å². The monoisotopic (exact) mass is 489 g/mol. The minimum Gasteiger partial charge on any atom is -0.489 e. The Labute approximate surface area is 211 Å². The third-order valence-corrected chi connectivity index (χ3v) is 5.19. The lowest BCUT2D eigenvalue weighted by atomic mass is 10.1. The molecule has 0 radical (unpaired) electrons. The van der Waals surface area contributed by atoms with E-state index in [0.717, 1.165) is 16.8 Å². The fourth-order valence-corrected chi connectivity index (χ4v) is 3.26. The third-order valence-electron chi connectivity index (χ3n) is 5.19. The largest absolute Gasteiger partial charge is 0.489 e. The third kappa shape index (κ3) is 7.42. The van der Waals surface area contributed by atoms with Gasteiger partial charge in [-0.15, -0.1) is 5.10 Å². The highest BCUT2D eigenvalue weighted by Gasteiger charge is 2.18. The number of aldehydes is 1. The lowest BCUT2D eigenvalue weighted by Gasteiger charge is -2.20. The number of ether oxygens (including phenoxy) is 1. The van der Waals surface area contributed by atoms with Gasteiger partial charge in [0.1, 0.15) is 36.6 Å². The molecule has 0 aliphatic rings. The van der Waals surface area contributed by atoms with Crippen LogP contribution in [-0.2, 0) is 11.3 Å². The molecule has 0 fully saturated rings. The lowest BCUT2D eigenvalue weighted by molar-refractivity contribution is -0.110. The van der Waals surface area contributed by atoms with Crippen molar-refractivity contribution < 1.29 is 19.4 Å². The summed E-state index contributed by atoms with van der Waals surface area (Å²) in [6.45, 7) is 5.64. The molecule has 0 bridgehead atoms. The number of benzene rings is 2. The predicted molar refractivity (Wildman–Crippen MR) is 137 cm³/mol. The number of aryl methyl sites for hydroxylation is 1. The first kappa shape index (κ1) is 26.4. The maximum Gasteiger partial charge on any atom is 0.291 e. The van der Waals surface area contributed by atoms with Gasteiger partial charge >= 0.3 is 0 Å². The number of nitrogens with zero attached hydrogens (tertiary/aromatic N) is 4. The van der Waals surface area contributed by atoms with Crippen LogP contribution in [0.2, 0.25) is 0 Å². The Hall–Kier alpha value is -4.16. The summed E-state index contributed by atoms with van der Waals surface area (Å²) in [5.41, 5.74) is 2.54. The summed E-state index contributed by atoms with van der Waals surface area (Å²) in [6, 6.07) is 12.3. The molecule has 1 aromatic heterocycles. The molecule has 0 aliphatic carbocycles. The Morgan fingerprint density at radius 2 is 2.03 bits per heavy atom. The molecule has 9 nitrogen and oxygen atoms in total. The number of hydrogen-bond donors (Lipinski definition) is 2. The summed E-state index contributed by atoms with van der Waals surface area (Å²) < 4.78 is 7.43. The number of amides is 1. The van der Waals surface area contributed by atoms with Crippen LogP contribution in [0.5, 0.6) is 5.75 Å². The lowest BCUT2D eigenvalue weighted by Crippen LogP contribution is -2.40. The van der Waals surface area contributed by atoms with E-state index in [-0.39, 0.29) is 12.4 Å². The minimum atomic E-state index is -1.10. The number of nitrogens with one attached hydrogen (secondary N) is 1. The molecule has 0 unspecified atom stereocenters. The number of anilines is 1. The van der Waals surface area contributed by atoms with Crippen molar-refractivity contribution in [1.82, 2.24) is 20.1 Å². The van der Waals surface area contributed by atoms with Crippen LogP contribution >= 0.6 is 0 Å². The first-order chi connectivity index (χ1) is 17.1. The normalized spacial score (nSPS) is 11.7. The van der Waals surface area contributed by atoms with Gasteiger partial charge in [0.05, 0.1) is 12.2 Å². The smallest absolute Gasteiger partial charge is 0.291 e. The van der Waals surface area contributed by atoms with Crippen LogP contribution in [0.3, 0.4) is 0 Å². The Balaban J connectivity index is 1.64. The summed E-state index contributed by atoms with van der Waals surface area (Å²) in [5, 5.41) is 16.7. The molecule has 0 spiro atoms. The second-order valence-electron chi connectivity index (χ2n) is 9.11. The molecule has 3 aromatic rings. The van der Waals surface area contributed by atoms with Crippen molar-refractivity contribution in [1.29, 1.82) is 0 Å². The second-order valence-corrected chi connectivity index (χ2v) is 9.11. The highest BCUT2D eigenvalue weighted by atomic mass is 16.5. The van der Waals surface area contributed by atoms with Crippen molar-refractivity contribution in [3.63, 3.8) is 0 Å². The zero-order chi connectivity index (χ0) is 26.3. The molecule has 2 N–H and O–H groups in total. The van der Waals surface area contributed by atoms with Crippen LogP contribution < -0.4 is 15.0 Å². The van der Waals surface area contributed by atoms with Crippen molar-refractivity contribution >= 4 is 17.9 Å². The number of carbonyl (C=O) groups excluding carboxylic acids is 2. The Kier molecular flexibility index (Phi) is 8.46. The van der Waals surface area contributed by atoms with Crippen LogP contribution in [0.25, 0.3) is 0 Å². The van der Waals surface area contributed by atoms with Crippen LogP contribution in [0.1, 0.15) is 41.2 Å². The highest BCUT2D eigenvalue weighted by Crippen LogP contribution is 2.28. The molecule has 1 atom stereocenters. The molecule has 0 aliphatic heterocycles. The van der Waals surface area contributed by atoms with Crippen LogP contribution in [-0.4, -0.2) is 64.4 Å². The van der Waals surface area contributed by atoms with E-state index >= 15 is 0 Å². The summed E-state index contributed by atoms with van der Waals surface area (Å²) in [5.74, 6) is 5.64. The molecule has 36 heavy (non-hydrogen) atoms.